The first-order valence-corrected chi connectivity index (χ1v) is 12.8. The molecule has 1 aromatic carbocycles. The maximum absolute atomic E-state index is 15.1. The molecule has 1 aliphatic rings. The average Bonchev–Trinajstić information content (AvgIpc) is 3.00. The molecule has 196 valence electrons. The van der Waals surface area contributed by atoms with E-state index < -0.39 is 62.4 Å². The lowest BCUT2D eigenvalue weighted by atomic mass is 10.0. The number of esters is 1. The number of benzene rings is 1. The molecule has 2 unspecified atom stereocenters. The smallest absolute Gasteiger partial charge is 0.459 e. The van der Waals surface area contributed by atoms with Gasteiger partial charge in [-0.2, -0.15) is 10.1 Å². The minimum Gasteiger partial charge on any atom is -0.462 e. The van der Waals surface area contributed by atoms with Crippen molar-refractivity contribution in [3.8, 4) is 5.75 Å². The van der Waals surface area contributed by atoms with Crippen LogP contribution in [0.2, 0.25) is 0 Å². The number of aliphatic hydroxyl groups is 1. The van der Waals surface area contributed by atoms with Crippen molar-refractivity contribution in [1.82, 2.24) is 14.6 Å². The monoisotopic (exact) mass is 524 g/mol. The minimum atomic E-state index is -4.25. The van der Waals surface area contributed by atoms with Crippen LogP contribution in [0.5, 0.6) is 5.75 Å². The van der Waals surface area contributed by atoms with Gasteiger partial charge in [-0.15, -0.1) is 0 Å². The number of carbonyl (C=O) groups excluding carboxylic acids is 1. The lowest BCUT2D eigenvalue weighted by Gasteiger charge is -2.25. The van der Waals surface area contributed by atoms with E-state index in [4.69, 9.17) is 19.5 Å². The van der Waals surface area contributed by atoms with Gasteiger partial charge in [0.2, 0.25) is 0 Å². The maximum atomic E-state index is 15.1. The SMILES string of the molecule is C=C1[C@@H](n2ccc(N)nc2=O)C(F)C(O)[C@H]1CO[P@](=O)(N[C@@H](C)C(=O)OC(C)C)Oc1ccccc1. The number of aromatic nitrogens is 2. The van der Waals surface area contributed by atoms with Crippen LogP contribution < -0.4 is 21.0 Å². The van der Waals surface area contributed by atoms with Crippen LogP contribution in [0.15, 0.2) is 59.5 Å². The molecule has 11 nitrogen and oxygen atoms in total. The van der Waals surface area contributed by atoms with E-state index >= 15 is 4.39 Å². The van der Waals surface area contributed by atoms with Gasteiger partial charge in [-0.25, -0.2) is 13.8 Å². The Morgan fingerprint density at radius 2 is 1.97 bits per heavy atom. The first-order chi connectivity index (χ1) is 16.9. The largest absolute Gasteiger partial charge is 0.462 e. The molecule has 1 heterocycles. The van der Waals surface area contributed by atoms with Crippen molar-refractivity contribution in [1.29, 1.82) is 0 Å². The van der Waals surface area contributed by atoms with Crippen LogP contribution in [0.3, 0.4) is 0 Å². The van der Waals surface area contributed by atoms with E-state index in [2.05, 4.69) is 16.7 Å². The number of nitrogens with zero attached hydrogens (tertiary/aromatic N) is 2. The molecule has 13 heteroatoms. The average molecular weight is 524 g/mol. The number of anilines is 1. The number of aliphatic hydroxyl groups excluding tert-OH is 1. The zero-order valence-corrected chi connectivity index (χ0v) is 21.0. The Bertz CT molecular complexity index is 1190. The van der Waals surface area contributed by atoms with E-state index in [0.29, 0.717) is 0 Å². The molecule has 0 amide bonds. The van der Waals surface area contributed by atoms with Gasteiger partial charge in [0.1, 0.15) is 17.6 Å². The summed E-state index contributed by atoms with van der Waals surface area (Å²) in [6, 6.07) is 7.09. The normalized spacial score (nSPS) is 24.3. The minimum absolute atomic E-state index is 0.0362. The molecule has 0 spiro atoms. The highest BCUT2D eigenvalue weighted by Crippen LogP contribution is 2.48. The molecule has 1 fully saturated rings. The van der Waals surface area contributed by atoms with Crippen LogP contribution in [0.25, 0.3) is 0 Å². The standard InChI is InChI=1S/C23H30FN4O7P/c1-13(2)34-22(30)15(4)27-36(32,35-16-8-6-5-7-9-16)33-12-17-14(3)20(19(24)21(17)29)28-11-10-18(25)26-23(28)31/h5-11,13,15,17,19-21,29H,3,12H2,1-2,4H3,(H,27,32)(H2,25,26,31)/t15-,17-,19?,20+,21?,36+/m0/s1. The van der Waals surface area contributed by atoms with Crippen LogP contribution in [-0.2, 0) is 18.6 Å². The Kier molecular flexibility index (Phi) is 8.67. The van der Waals surface area contributed by atoms with Crippen LogP contribution in [0.4, 0.5) is 10.2 Å². The van der Waals surface area contributed by atoms with Crippen LogP contribution in [-0.4, -0.2) is 51.7 Å². The Hall–Kier alpha value is -3.05. The fourth-order valence-electron chi connectivity index (χ4n) is 3.74. The molecule has 1 saturated carbocycles. The third kappa shape index (κ3) is 6.38. The zero-order chi connectivity index (χ0) is 26.6. The summed E-state index contributed by atoms with van der Waals surface area (Å²) in [6.45, 7) is 8.11. The molecular weight excluding hydrogens is 494 g/mol. The third-order valence-electron chi connectivity index (χ3n) is 5.50. The van der Waals surface area contributed by atoms with Gasteiger partial charge >= 0.3 is 19.4 Å². The van der Waals surface area contributed by atoms with Crippen LogP contribution in [0, 0.1) is 5.92 Å². The first-order valence-electron chi connectivity index (χ1n) is 11.2. The van der Waals surface area contributed by atoms with E-state index in [-0.39, 0.29) is 17.1 Å². The van der Waals surface area contributed by atoms with Crippen molar-refractivity contribution >= 4 is 19.5 Å². The van der Waals surface area contributed by atoms with Gasteiger partial charge < -0.3 is 20.1 Å². The predicted molar refractivity (Wildman–Crippen MR) is 130 cm³/mol. The summed E-state index contributed by atoms with van der Waals surface area (Å²) in [7, 11) is -4.25. The number of hydrogen-bond acceptors (Lipinski definition) is 9. The van der Waals surface area contributed by atoms with Crippen LogP contribution in [0.1, 0.15) is 26.8 Å². The third-order valence-corrected chi connectivity index (χ3v) is 7.14. The lowest BCUT2D eigenvalue weighted by Crippen LogP contribution is -2.37. The van der Waals surface area contributed by atoms with E-state index in [1.807, 2.05) is 0 Å². The quantitative estimate of drug-likeness (QED) is 0.240. The molecule has 2 aromatic rings. The van der Waals surface area contributed by atoms with Gasteiger partial charge in [-0.05, 0) is 44.5 Å². The second-order valence-corrected chi connectivity index (χ2v) is 10.3. The van der Waals surface area contributed by atoms with Gasteiger partial charge in [-0.1, -0.05) is 24.8 Å². The van der Waals surface area contributed by atoms with E-state index in [9.17, 15) is 19.3 Å². The molecule has 1 aliphatic carbocycles. The summed E-state index contributed by atoms with van der Waals surface area (Å²) >= 11 is 0. The summed E-state index contributed by atoms with van der Waals surface area (Å²) in [5.74, 6) is -1.59. The van der Waals surface area contributed by atoms with Gasteiger partial charge in [0, 0.05) is 12.1 Å². The van der Waals surface area contributed by atoms with Crippen molar-refractivity contribution in [2.24, 2.45) is 5.92 Å². The summed E-state index contributed by atoms with van der Waals surface area (Å²) < 4.78 is 46.0. The number of rotatable bonds is 10. The number of carbonyl (C=O) groups is 1. The highest BCUT2D eigenvalue weighted by molar-refractivity contribution is 7.52. The van der Waals surface area contributed by atoms with Crippen molar-refractivity contribution in [3.05, 3.63) is 65.2 Å². The molecule has 1 aromatic heterocycles. The number of alkyl halides is 1. The van der Waals surface area contributed by atoms with Crippen molar-refractivity contribution < 1.29 is 32.6 Å². The molecule has 4 N–H and O–H groups in total. The second-order valence-electron chi connectivity index (χ2n) is 8.64. The van der Waals surface area contributed by atoms with Crippen molar-refractivity contribution in [2.75, 3.05) is 12.3 Å². The lowest BCUT2D eigenvalue weighted by molar-refractivity contribution is -0.149. The van der Waals surface area contributed by atoms with Gasteiger partial charge in [0.25, 0.3) is 0 Å². The number of nitrogens with one attached hydrogen (secondary N) is 1. The van der Waals surface area contributed by atoms with E-state index in [0.717, 1.165) is 4.57 Å². The van der Waals surface area contributed by atoms with E-state index in [1.165, 1.54) is 31.3 Å². The summed E-state index contributed by atoms with van der Waals surface area (Å²) in [4.78, 5) is 28.1. The van der Waals surface area contributed by atoms with E-state index in [1.54, 1.807) is 32.0 Å². The highest BCUT2D eigenvalue weighted by Gasteiger charge is 2.48. The summed E-state index contributed by atoms with van der Waals surface area (Å²) in [5, 5.41) is 13.1. The molecule has 0 radical (unpaired) electrons. The van der Waals surface area contributed by atoms with Crippen LogP contribution >= 0.6 is 7.75 Å². The van der Waals surface area contributed by atoms with Gasteiger partial charge in [0.15, 0.2) is 6.17 Å². The molecule has 36 heavy (non-hydrogen) atoms. The molecule has 3 rings (SSSR count). The number of halogens is 1. The topological polar surface area (TPSA) is 155 Å². The number of nitrogens with two attached hydrogens (primary N) is 1. The number of nitrogen functional groups attached to an aromatic ring is 1. The fourth-order valence-corrected chi connectivity index (χ4v) is 5.26. The summed E-state index contributed by atoms with van der Waals surface area (Å²) in [5.41, 5.74) is 4.82. The first kappa shape index (κ1) is 27.5. The van der Waals surface area contributed by atoms with Gasteiger partial charge in [-0.3, -0.25) is 13.9 Å². The Labute approximate surface area is 207 Å². The molecule has 0 aliphatic heterocycles. The maximum Gasteiger partial charge on any atom is 0.459 e. The van der Waals surface area contributed by atoms with Gasteiger partial charge in [0.05, 0.1) is 24.9 Å². The Morgan fingerprint density at radius 1 is 1.31 bits per heavy atom. The predicted octanol–water partition coefficient (Wildman–Crippen LogP) is 2.38. The molecule has 0 bridgehead atoms. The fraction of sp³-hybridized carbons (Fsp3) is 0.435. The highest BCUT2D eigenvalue weighted by atomic mass is 31.2. The molecule has 6 atom stereocenters. The second kappa shape index (κ2) is 11.3. The molecular formula is C23H30FN4O7P. The number of ether oxygens (including phenoxy) is 1. The van der Waals surface area contributed by atoms with Crippen molar-refractivity contribution in [3.63, 3.8) is 0 Å². The molecule has 0 saturated heterocycles. The number of para-hydroxylation sites is 1. The zero-order valence-electron chi connectivity index (χ0n) is 20.1. The Morgan fingerprint density at radius 3 is 2.58 bits per heavy atom. The number of hydrogen-bond donors (Lipinski definition) is 3. The Balaban J connectivity index is 1.81. The van der Waals surface area contributed by atoms with Crippen molar-refractivity contribution in [2.45, 2.75) is 51.2 Å². The summed E-state index contributed by atoms with van der Waals surface area (Å²) in [6.07, 6.45) is -2.69.